The number of likely N-dealkylation sites (tertiary alicyclic amines) is 1. The summed E-state index contributed by atoms with van der Waals surface area (Å²) in [6.45, 7) is 2.96. The fraction of sp³-hybridized carbons (Fsp3) is 0.581. The van der Waals surface area contributed by atoms with Gasteiger partial charge in [-0.05, 0) is 85.6 Å². The van der Waals surface area contributed by atoms with E-state index in [0.717, 1.165) is 32.5 Å². The number of benzene rings is 2. The first-order chi connectivity index (χ1) is 17.2. The number of carbonyl (C=O) groups excluding carboxylic acids is 1. The average Bonchev–Trinajstić information content (AvgIpc) is 3.33. The smallest absolute Gasteiger partial charge is 0.210 e. The first-order valence-corrected chi connectivity index (χ1v) is 14.7. The molecule has 35 heavy (non-hydrogen) atoms. The molecule has 3 nitrogen and oxygen atoms in total. The molecule has 2 aliphatic heterocycles. The van der Waals surface area contributed by atoms with E-state index < -0.39 is 0 Å². The van der Waals surface area contributed by atoms with Crippen LogP contribution in [0.15, 0.2) is 53.0 Å². The molecule has 2 saturated heterocycles. The highest BCUT2D eigenvalue weighted by atomic mass is 79.9. The summed E-state index contributed by atoms with van der Waals surface area (Å²) < 4.78 is 1.19. The molecule has 1 N–H and O–H groups in total. The number of hydrogen-bond acceptors (Lipinski definition) is 2. The van der Waals surface area contributed by atoms with Crippen molar-refractivity contribution in [2.45, 2.75) is 81.1 Å². The standard InChI is InChI=1S/C31H39BrN2O/c32-27-13-14-28-24(18-27)10-7-16-30(28)21-33-20-29(30)31(26-11-5-2-6-12-26)19-25(15-17-34(31)22-35)23-8-3-1-4-9-23/h1,3-4,8-9,13-14,18,22,25-26,29,33H,2,5-7,10-12,15-17,19-21H2/t25-,29-,30+,31+/m1/s1. The molecule has 2 aliphatic carbocycles. The number of aryl methyl sites for hydroxylation is 1. The van der Waals surface area contributed by atoms with E-state index in [9.17, 15) is 4.79 Å². The van der Waals surface area contributed by atoms with Gasteiger partial charge in [-0.3, -0.25) is 4.79 Å². The van der Waals surface area contributed by atoms with Gasteiger partial charge in [0.1, 0.15) is 0 Å². The Labute approximate surface area is 219 Å². The van der Waals surface area contributed by atoms with Crippen molar-refractivity contribution in [3.05, 3.63) is 69.7 Å². The Kier molecular flexibility index (Phi) is 6.55. The zero-order valence-electron chi connectivity index (χ0n) is 20.9. The van der Waals surface area contributed by atoms with Gasteiger partial charge < -0.3 is 10.2 Å². The van der Waals surface area contributed by atoms with Gasteiger partial charge in [-0.2, -0.15) is 0 Å². The number of nitrogens with one attached hydrogen (secondary N) is 1. The van der Waals surface area contributed by atoms with Crippen molar-refractivity contribution in [2.75, 3.05) is 19.6 Å². The third-order valence-corrected chi connectivity index (χ3v) is 10.8. The Bertz CT molecular complexity index is 1050. The van der Waals surface area contributed by atoms with E-state index in [1.165, 1.54) is 73.4 Å². The maximum Gasteiger partial charge on any atom is 0.210 e. The van der Waals surface area contributed by atoms with E-state index in [-0.39, 0.29) is 11.0 Å². The first kappa shape index (κ1) is 23.7. The van der Waals surface area contributed by atoms with E-state index in [1.54, 1.807) is 5.56 Å². The molecule has 1 spiro atoms. The predicted octanol–water partition coefficient (Wildman–Crippen LogP) is 6.60. The number of nitrogens with zero attached hydrogens (tertiary/aromatic N) is 1. The topological polar surface area (TPSA) is 32.3 Å². The fourth-order valence-electron chi connectivity index (χ4n) is 8.85. The van der Waals surface area contributed by atoms with Crippen LogP contribution in [-0.2, 0) is 16.6 Å². The van der Waals surface area contributed by atoms with Crippen molar-refractivity contribution in [1.82, 2.24) is 10.2 Å². The number of hydrogen-bond donors (Lipinski definition) is 1. The zero-order valence-corrected chi connectivity index (χ0v) is 22.4. The summed E-state index contributed by atoms with van der Waals surface area (Å²) >= 11 is 3.74. The molecule has 4 aliphatic rings. The van der Waals surface area contributed by atoms with Gasteiger partial charge in [0.15, 0.2) is 0 Å². The van der Waals surface area contributed by atoms with Crippen LogP contribution in [0.2, 0.25) is 0 Å². The summed E-state index contributed by atoms with van der Waals surface area (Å²) in [6.07, 6.45) is 13.6. The molecule has 1 saturated carbocycles. The number of rotatable bonds is 4. The normalized spacial score (nSPS) is 33.6. The summed E-state index contributed by atoms with van der Waals surface area (Å²) in [4.78, 5) is 15.2. The maximum atomic E-state index is 12.9. The second-order valence-electron chi connectivity index (χ2n) is 11.7. The van der Waals surface area contributed by atoms with Crippen LogP contribution in [0, 0.1) is 11.8 Å². The quantitative estimate of drug-likeness (QED) is 0.448. The first-order valence-electron chi connectivity index (χ1n) is 13.9. The third kappa shape index (κ3) is 3.91. The van der Waals surface area contributed by atoms with E-state index in [1.807, 2.05) is 0 Å². The van der Waals surface area contributed by atoms with Crippen molar-refractivity contribution < 1.29 is 4.79 Å². The Morgan fingerprint density at radius 2 is 1.83 bits per heavy atom. The van der Waals surface area contributed by atoms with Gasteiger partial charge in [-0.25, -0.2) is 0 Å². The summed E-state index contributed by atoms with van der Waals surface area (Å²) in [5.74, 6) is 1.57. The van der Waals surface area contributed by atoms with Gasteiger partial charge in [0, 0.05) is 35.4 Å². The highest BCUT2D eigenvalue weighted by Crippen LogP contribution is 2.58. The highest BCUT2D eigenvalue weighted by molar-refractivity contribution is 9.10. The van der Waals surface area contributed by atoms with Gasteiger partial charge in [-0.15, -0.1) is 0 Å². The minimum absolute atomic E-state index is 0.0773. The van der Waals surface area contributed by atoms with Gasteiger partial charge >= 0.3 is 0 Å². The summed E-state index contributed by atoms with van der Waals surface area (Å²) in [5, 5.41) is 3.89. The molecular formula is C31H39BrN2O. The number of amides is 1. The van der Waals surface area contributed by atoms with Gasteiger partial charge in [-0.1, -0.05) is 71.6 Å². The van der Waals surface area contributed by atoms with Gasteiger partial charge in [0.2, 0.25) is 6.41 Å². The lowest BCUT2D eigenvalue weighted by molar-refractivity contribution is -0.139. The molecule has 2 heterocycles. The van der Waals surface area contributed by atoms with Crippen LogP contribution in [0.4, 0.5) is 0 Å². The Morgan fingerprint density at radius 3 is 2.63 bits per heavy atom. The van der Waals surface area contributed by atoms with E-state index in [2.05, 4.69) is 74.7 Å². The van der Waals surface area contributed by atoms with Crippen LogP contribution in [-0.4, -0.2) is 36.5 Å². The van der Waals surface area contributed by atoms with E-state index >= 15 is 0 Å². The molecule has 0 aromatic heterocycles. The molecule has 2 aromatic carbocycles. The monoisotopic (exact) mass is 534 g/mol. The Balaban J connectivity index is 1.50. The molecule has 4 atom stereocenters. The van der Waals surface area contributed by atoms with Crippen molar-refractivity contribution >= 4 is 22.3 Å². The number of halogens is 1. The van der Waals surface area contributed by atoms with Gasteiger partial charge in [0.05, 0.1) is 5.54 Å². The molecule has 0 unspecified atom stereocenters. The largest absolute Gasteiger partial charge is 0.339 e. The van der Waals surface area contributed by atoms with E-state index in [4.69, 9.17) is 0 Å². The number of carbonyl (C=O) groups is 1. The molecule has 3 fully saturated rings. The Morgan fingerprint density at radius 1 is 1.00 bits per heavy atom. The third-order valence-electron chi connectivity index (χ3n) is 10.3. The van der Waals surface area contributed by atoms with Crippen LogP contribution < -0.4 is 5.32 Å². The predicted molar refractivity (Wildman–Crippen MR) is 146 cm³/mol. The van der Waals surface area contributed by atoms with Gasteiger partial charge in [0.25, 0.3) is 0 Å². The Hall–Kier alpha value is -1.65. The molecule has 0 bridgehead atoms. The minimum Gasteiger partial charge on any atom is -0.339 e. The summed E-state index contributed by atoms with van der Waals surface area (Å²) in [5.41, 5.74) is 4.58. The second kappa shape index (κ2) is 9.67. The minimum atomic E-state index is -0.0773. The SMILES string of the molecule is O=CN1CC[C@@H](c2ccccc2)C[C@]1(C1CCCCC1)[C@@H]1CNC[C@]12CCCc1cc(Br)ccc12. The lowest BCUT2D eigenvalue weighted by Crippen LogP contribution is -2.66. The highest BCUT2D eigenvalue weighted by Gasteiger charge is 2.61. The maximum absolute atomic E-state index is 12.9. The van der Waals surface area contributed by atoms with Crippen LogP contribution in [0.5, 0.6) is 0 Å². The number of piperidine rings is 1. The fourth-order valence-corrected chi connectivity index (χ4v) is 9.26. The molecule has 2 aromatic rings. The summed E-state index contributed by atoms with van der Waals surface area (Å²) in [6, 6.07) is 18.2. The molecule has 4 heteroatoms. The van der Waals surface area contributed by atoms with Crippen molar-refractivity contribution in [2.24, 2.45) is 11.8 Å². The number of fused-ring (bicyclic) bond motifs is 2. The molecule has 186 valence electrons. The zero-order chi connectivity index (χ0) is 23.9. The molecule has 1 amide bonds. The lowest BCUT2D eigenvalue weighted by Gasteiger charge is -2.60. The van der Waals surface area contributed by atoms with Crippen molar-refractivity contribution in [1.29, 1.82) is 0 Å². The molecule has 6 rings (SSSR count). The average molecular weight is 536 g/mol. The van der Waals surface area contributed by atoms with Crippen LogP contribution in [0.1, 0.15) is 80.4 Å². The van der Waals surface area contributed by atoms with Crippen LogP contribution in [0.3, 0.4) is 0 Å². The van der Waals surface area contributed by atoms with Crippen molar-refractivity contribution in [3.63, 3.8) is 0 Å². The van der Waals surface area contributed by atoms with Crippen LogP contribution in [0.25, 0.3) is 0 Å². The van der Waals surface area contributed by atoms with Crippen LogP contribution >= 0.6 is 15.9 Å². The van der Waals surface area contributed by atoms with Crippen molar-refractivity contribution in [3.8, 4) is 0 Å². The summed E-state index contributed by atoms with van der Waals surface area (Å²) in [7, 11) is 0. The second-order valence-corrected chi connectivity index (χ2v) is 12.6. The molecular weight excluding hydrogens is 496 g/mol. The van der Waals surface area contributed by atoms with E-state index in [0.29, 0.717) is 17.8 Å². The molecule has 0 radical (unpaired) electrons. The lowest BCUT2D eigenvalue weighted by atomic mass is 9.52.